The maximum Gasteiger partial charge on any atom is 0.258 e. The summed E-state index contributed by atoms with van der Waals surface area (Å²) in [5.41, 5.74) is 4.91. The van der Waals surface area contributed by atoms with Gasteiger partial charge < -0.3 is 10.6 Å². The third-order valence-corrected chi connectivity index (χ3v) is 5.26. The molecule has 9 heteroatoms. The summed E-state index contributed by atoms with van der Waals surface area (Å²) in [6.45, 7) is 1.48. The SMILES string of the molecule is CN1CCC(NS(=O)(=O)c2ccn[nH]2)(C(N)=S)CC1. The predicted molar refractivity (Wildman–Crippen MR) is 75.2 cm³/mol. The maximum absolute atomic E-state index is 12.2. The quantitative estimate of drug-likeness (QED) is 0.644. The van der Waals surface area contributed by atoms with Gasteiger partial charge in [0.05, 0.1) is 16.7 Å². The largest absolute Gasteiger partial charge is 0.392 e. The number of aromatic nitrogens is 2. The highest BCUT2D eigenvalue weighted by Crippen LogP contribution is 2.24. The predicted octanol–water partition coefficient (Wildman–Crippen LogP) is -0.561. The minimum atomic E-state index is -3.69. The smallest absolute Gasteiger partial charge is 0.258 e. The van der Waals surface area contributed by atoms with E-state index in [1.165, 1.54) is 12.3 Å². The number of nitrogens with zero attached hydrogens (tertiary/aromatic N) is 2. The van der Waals surface area contributed by atoms with Crippen molar-refractivity contribution in [2.75, 3.05) is 20.1 Å². The fourth-order valence-corrected chi connectivity index (χ4v) is 3.78. The van der Waals surface area contributed by atoms with E-state index in [2.05, 4.69) is 19.8 Å². The number of rotatable bonds is 4. The average Bonchev–Trinajstić information content (AvgIpc) is 2.86. The van der Waals surface area contributed by atoms with Gasteiger partial charge in [-0.3, -0.25) is 5.10 Å². The molecule has 2 heterocycles. The van der Waals surface area contributed by atoms with Crippen LogP contribution in [0.3, 0.4) is 0 Å². The van der Waals surface area contributed by atoms with Gasteiger partial charge in [-0.05, 0) is 26.0 Å². The van der Waals surface area contributed by atoms with E-state index in [9.17, 15) is 8.42 Å². The van der Waals surface area contributed by atoms with Gasteiger partial charge in [-0.2, -0.15) is 9.82 Å². The molecular weight excluding hydrogens is 286 g/mol. The minimum absolute atomic E-state index is 0.0158. The molecule has 1 aromatic rings. The lowest BCUT2D eigenvalue weighted by atomic mass is 9.89. The Hall–Kier alpha value is -1.03. The number of aromatic amines is 1. The summed E-state index contributed by atoms with van der Waals surface area (Å²) in [6.07, 6.45) is 2.51. The van der Waals surface area contributed by atoms with E-state index in [4.69, 9.17) is 18.0 Å². The van der Waals surface area contributed by atoms with E-state index < -0.39 is 15.6 Å². The Morgan fingerprint density at radius 3 is 2.68 bits per heavy atom. The molecule has 0 atom stereocenters. The molecule has 0 radical (unpaired) electrons. The van der Waals surface area contributed by atoms with Gasteiger partial charge in [-0.1, -0.05) is 12.2 Å². The van der Waals surface area contributed by atoms with Crippen LogP contribution in [0.4, 0.5) is 0 Å². The van der Waals surface area contributed by atoms with Crippen molar-refractivity contribution in [3.05, 3.63) is 12.3 Å². The van der Waals surface area contributed by atoms with Crippen LogP contribution in [-0.4, -0.2) is 54.2 Å². The standard InChI is InChI=1S/C10H17N5O2S2/c1-15-6-3-10(4-7-15,9(11)18)14-19(16,17)8-2-5-12-13-8/h2,5,14H,3-4,6-7H2,1H3,(H2,11,18)(H,12,13). The third kappa shape index (κ3) is 2.94. The summed E-state index contributed by atoms with van der Waals surface area (Å²) in [4.78, 5) is 2.30. The van der Waals surface area contributed by atoms with Crippen LogP contribution in [0.2, 0.25) is 0 Å². The average molecular weight is 303 g/mol. The molecule has 1 aliphatic heterocycles. The van der Waals surface area contributed by atoms with Gasteiger partial charge in [0.2, 0.25) is 0 Å². The highest BCUT2D eigenvalue weighted by molar-refractivity contribution is 7.89. The topological polar surface area (TPSA) is 104 Å². The molecule has 106 valence electrons. The summed E-state index contributed by atoms with van der Waals surface area (Å²) in [7, 11) is -1.71. The summed E-state index contributed by atoms with van der Waals surface area (Å²) >= 11 is 5.07. The summed E-state index contributed by atoms with van der Waals surface area (Å²) in [5.74, 6) is 0. The fourth-order valence-electron chi connectivity index (χ4n) is 2.10. The summed E-state index contributed by atoms with van der Waals surface area (Å²) < 4.78 is 27.1. The van der Waals surface area contributed by atoms with Crippen molar-refractivity contribution in [1.82, 2.24) is 19.8 Å². The Morgan fingerprint density at radius 2 is 2.21 bits per heavy atom. The number of nitrogens with one attached hydrogen (secondary N) is 2. The second-order valence-corrected chi connectivity index (χ2v) is 6.87. The number of hydrogen-bond acceptors (Lipinski definition) is 5. The van der Waals surface area contributed by atoms with E-state index in [0.29, 0.717) is 12.8 Å². The van der Waals surface area contributed by atoms with Gasteiger partial charge in [-0.15, -0.1) is 0 Å². The molecule has 0 bridgehead atoms. The van der Waals surface area contributed by atoms with Crippen LogP contribution >= 0.6 is 12.2 Å². The van der Waals surface area contributed by atoms with Crippen LogP contribution in [0.15, 0.2) is 17.3 Å². The number of piperidine rings is 1. The third-order valence-electron chi connectivity index (χ3n) is 3.41. The fraction of sp³-hybridized carbons (Fsp3) is 0.600. The molecule has 19 heavy (non-hydrogen) atoms. The number of hydrogen-bond donors (Lipinski definition) is 3. The van der Waals surface area contributed by atoms with Crippen molar-refractivity contribution < 1.29 is 8.42 Å². The Kier molecular flexibility index (Phi) is 3.90. The molecule has 4 N–H and O–H groups in total. The Labute approximate surface area is 117 Å². The lowest BCUT2D eigenvalue weighted by Crippen LogP contribution is -2.61. The number of sulfonamides is 1. The minimum Gasteiger partial charge on any atom is -0.392 e. The van der Waals surface area contributed by atoms with Crippen LogP contribution in [0.5, 0.6) is 0 Å². The van der Waals surface area contributed by atoms with Crippen molar-refractivity contribution in [2.45, 2.75) is 23.4 Å². The summed E-state index contributed by atoms with van der Waals surface area (Å²) in [5, 5.41) is 6.10. The summed E-state index contributed by atoms with van der Waals surface area (Å²) in [6, 6.07) is 1.39. The van der Waals surface area contributed by atoms with Crippen molar-refractivity contribution in [1.29, 1.82) is 0 Å². The van der Waals surface area contributed by atoms with Crippen molar-refractivity contribution >= 4 is 27.2 Å². The van der Waals surface area contributed by atoms with Gasteiger partial charge in [0.25, 0.3) is 10.0 Å². The number of H-pyrrole nitrogens is 1. The van der Waals surface area contributed by atoms with Crippen LogP contribution in [0, 0.1) is 0 Å². The molecule has 1 fully saturated rings. The van der Waals surface area contributed by atoms with Crippen LogP contribution in [-0.2, 0) is 10.0 Å². The van der Waals surface area contributed by atoms with E-state index in [-0.39, 0.29) is 10.0 Å². The van der Waals surface area contributed by atoms with E-state index in [1.807, 2.05) is 7.05 Å². The van der Waals surface area contributed by atoms with E-state index in [0.717, 1.165) is 13.1 Å². The zero-order valence-corrected chi connectivity index (χ0v) is 12.2. The molecule has 7 nitrogen and oxygen atoms in total. The lowest BCUT2D eigenvalue weighted by molar-refractivity contribution is 0.220. The highest BCUT2D eigenvalue weighted by Gasteiger charge is 2.40. The normalized spacial score (nSPS) is 20.3. The number of thiocarbonyl (C=S) groups is 1. The molecule has 0 aromatic carbocycles. The van der Waals surface area contributed by atoms with Gasteiger partial charge in [0.15, 0.2) is 5.03 Å². The molecule has 0 aliphatic carbocycles. The van der Waals surface area contributed by atoms with Crippen LogP contribution < -0.4 is 10.5 Å². The molecule has 0 saturated carbocycles. The Bertz CT molecular complexity index is 546. The first-order valence-electron chi connectivity index (χ1n) is 5.87. The van der Waals surface area contributed by atoms with E-state index >= 15 is 0 Å². The van der Waals surface area contributed by atoms with Gasteiger partial charge >= 0.3 is 0 Å². The van der Waals surface area contributed by atoms with Crippen molar-refractivity contribution in [2.24, 2.45) is 5.73 Å². The van der Waals surface area contributed by atoms with Gasteiger partial charge in [0.1, 0.15) is 0 Å². The number of nitrogens with two attached hydrogens (primary N) is 1. The number of likely N-dealkylation sites (tertiary alicyclic amines) is 1. The Morgan fingerprint density at radius 1 is 1.58 bits per heavy atom. The lowest BCUT2D eigenvalue weighted by Gasteiger charge is -2.39. The molecule has 0 spiro atoms. The first-order chi connectivity index (χ1) is 8.86. The second kappa shape index (κ2) is 5.16. The van der Waals surface area contributed by atoms with Gasteiger partial charge in [-0.25, -0.2) is 8.42 Å². The molecule has 0 unspecified atom stereocenters. The van der Waals surface area contributed by atoms with Crippen LogP contribution in [0.25, 0.3) is 0 Å². The highest BCUT2D eigenvalue weighted by atomic mass is 32.2. The molecule has 1 aromatic heterocycles. The monoisotopic (exact) mass is 303 g/mol. The van der Waals surface area contributed by atoms with Crippen molar-refractivity contribution in [3.63, 3.8) is 0 Å². The maximum atomic E-state index is 12.2. The van der Waals surface area contributed by atoms with Crippen molar-refractivity contribution in [3.8, 4) is 0 Å². The van der Waals surface area contributed by atoms with Crippen LogP contribution in [0.1, 0.15) is 12.8 Å². The zero-order chi connectivity index (χ0) is 14.1. The Balaban J connectivity index is 2.25. The molecule has 0 amide bonds. The molecule has 2 rings (SSSR count). The molecular formula is C10H17N5O2S2. The molecule has 1 saturated heterocycles. The first-order valence-corrected chi connectivity index (χ1v) is 7.77. The van der Waals surface area contributed by atoms with Gasteiger partial charge in [0, 0.05) is 13.1 Å². The molecule has 1 aliphatic rings. The first kappa shape index (κ1) is 14.4. The van der Waals surface area contributed by atoms with E-state index in [1.54, 1.807) is 0 Å². The second-order valence-electron chi connectivity index (χ2n) is 4.78. The zero-order valence-electron chi connectivity index (χ0n) is 10.6.